The molecule has 1 aromatic carbocycles. The molecule has 0 fully saturated rings. The maximum Gasteiger partial charge on any atom is 0.242 e. The Morgan fingerprint density at radius 2 is 1.44 bits per heavy atom. The van der Waals surface area contributed by atoms with Gasteiger partial charge in [-0.2, -0.15) is 0 Å². The van der Waals surface area contributed by atoms with Crippen LogP contribution in [0.15, 0.2) is 0 Å². The van der Waals surface area contributed by atoms with Crippen molar-refractivity contribution in [3.05, 3.63) is 22.3 Å². The van der Waals surface area contributed by atoms with E-state index >= 15 is 0 Å². The Kier molecular flexibility index (Phi) is 12.2. The summed E-state index contributed by atoms with van der Waals surface area (Å²) < 4.78 is 13.3. The third kappa shape index (κ3) is 9.57. The molecule has 0 saturated heterocycles. The van der Waals surface area contributed by atoms with Gasteiger partial charge in [0.1, 0.15) is 17.1 Å². The van der Waals surface area contributed by atoms with Crippen LogP contribution in [0.25, 0.3) is 0 Å². The van der Waals surface area contributed by atoms with Crippen molar-refractivity contribution >= 4 is 19.9 Å². The third-order valence-corrected chi connectivity index (χ3v) is 9.31. The summed E-state index contributed by atoms with van der Waals surface area (Å²) in [6.45, 7) is 23.0. The molecule has 1 aliphatic rings. The molecule has 0 saturated carbocycles. The number of benzene rings is 1. The normalized spacial score (nSPS) is 19.7. The van der Waals surface area contributed by atoms with Crippen LogP contribution in [0.5, 0.6) is 11.5 Å². The van der Waals surface area contributed by atoms with Gasteiger partial charge in [0.2, 0.25) is 8.32 Å². The van der Waals surface area contributed by atoms with Crippen LogP contribution in [0.3, 0.4) is 0 Å². The molecule has 1 aliphatic heterocycles. The van der Waals surface area contributed by atoms with Gasteiger partial charge in [-0.05, 0) is 95.0 Å². The number of rotatable bonds is 15. The van der Waals surface area contributed by atoms with Crippen molar-refractivity contribution in [3.63, 3.8) is 0 Å². The van der Waals surface area contributed by atoms with Gasteiger partial charge in [-0.25, -0.2) is 0 Å². The SMILES string of the molecule is Cc1c(C)c(O[Si](C)(C)C)c(CCl)c2c1OC(C)(CCCC(C)CCCC(C)CCCC(C)C)CC2. The quantitative estimate of drug-likeness (QED) is 0.164. The first kappa shape index (κ1) is 31.5. The smallest absolute Gasteiger partial charge is 0.242 e. The molecule has 1 heterocycles. The number of ether oxygens (including phenoxy) is 1. The van der Waals surface area contributed by atoms with Gasteiger partial charge in [0.05, 0.1) is 5.88 Å². The maximum atomic E-state index is 6.80. The van der Waals surface area contributed by atoms with E-state index in [-0.39, 0.29) is 5.60 Å². The van der Waals surface area contributed by atoms with Crippen LogP contribution in [0, 0.1) is 31.6 Å². The fourth-order valence-electron chi connectivity index (χ4n) is 5.72. The van der Waals surface area contributed by atoms with E-state index in [2.05, 4.69) is 68.1 Å². The van der Waals surface area contributed by atoms with Crippen LogP contribution in [-0.4, -0.2) is 13.9 Å². The Bertz CT molecular complexity index is 829. The summed E-state index contributed by atoms with van der Waals surface area (Å²) in [5, 5.41) is 0. The summed E-state index contributed by atoms with van der Waals surface area (Å²) in [6.07, 6.45) is 14.1. The third-order valence-electron chi connectivity index (χ3n) is 8.23. The van der Waals surface area contributed by atoms with Gasteiger partial charge in [-0.1, -0.05) is 72.6 Å². The van der Waals surface area contributed by atoms with Crippen molar-refractivity contribution in [2.45, 2.75) is 150 Å². The zero-order valence-corrected chi connectivity index (χ0v) is 27.2. The topological polar surface area (TPSA) is 18.5 Å². The summed E-state index contributed by atoms with van der Waals surface area (Å²) in [7, 11) is -1.73. The van der Waals surface area contributed by atoms with E-state index in [4.69, 9.17) is 20.8 Å². The minimum absolute atomic E-state index is 0.0837. The van der Waals surface area contributed by atoms with Gasteiger partial charge in [0.15, 0.2) is 0 Å². The lowest BCUT2D eigenvalue weighted by atomic mass is 9.83. The Hall–Kier alpha value is -0.673. The minimum Gasteiger partial charge on any atom is -0.544 e. The molecule has 208 valence electrons. The fourth-order valence-corrected chi connectivity index (χ4v) is 6.89. The molecule has 0 radical (unpaired) electrons. The molecule has 2 rings (SSSR count). The first-order valence-electron chi connectivity index (χ1n) is 14.8. The summed E-state index contributed by atoms with van der Waals surface area (Å²) in [6, 6.07) is 0. The summed E-state index contributed by atoms with van der Waals surface area (Å²) in [5.41, 5.74) is 4.79. The largest absolute Gasteiger partial charge is 0.544 e. The van der Waals surface area contributed by atoms with Crippen LogP contribution < -0.4 is 9.16 Å². The Morgan fingerprint density at radius 1 is 0.889 bits per heavy atom. The van der Waals surface area contributed by atoms with Gasteiger partial charge in [0, 0.05) is 11.1 Å². The molecule has 0 amide bonds. The average Bonchev–Trinajstić information content (AvgIpc) is 2.77. The maximum absolute atomic E-state index is 6.80. The Labute approximate surface area is 230 Å². The molecule has 0 N–H and O–H groups in total. The van der Waals surface area contributed by atoms with Crippen molar-refractivity contribution in [2.75, 3.05) is 0 Å². The molecule has 2 nitrogen and oxygen atoms in total. The molecule has 0 aliphatic carbocycles. The molecule has 3 atom stereocenters. The summed E-state index contributed by atoms with van der Waals surface area (Å²) in [5.74, 6) is 5.12. The first-order chi connectivity index (χ1) is 16.8. The molecule has 0 spiro atoms. The first-order valence-corrected chi connectivity index (χ1v) is 18.8. The lowest BCUT2D eigenvalue weighted by Crippen LogP contribution is -2.37. The van der Waals surface area contributed by atoms with E-state index in [0.717, 1.165) is 54.1 Å². The number of halogens is 1. The highest BCUT2D eigenvalue weighted by Gasteiger charge is 2.35. The van der Waals surface area contributed by atoms with Crippen LogP contribution in [0.1, 0.15) is 121 Å². The van der Waals surface area contributed by atoms with Gasteiger partial charge >= 0.3 is 0 Å². The van der Waals surface area contributed by atoms with Crippen molar-refractivity contribution in [1.82, 2.24) is 0 Å². The molecule has 0 bridgehead atoms. The zero-order chi connectivity index (χ0) is 27.1. The van der Waals surface area contributed by atoms with Gasteiger partial charge in [-0.3, -0.25) is 0 Å². The van der Waals surface area contributed by atoms with Gasteiger partial charge < -0.3 is 9.16 Å². The molecule has 36 heavy (non-hydrogen) atoms. The second-order valence-corrected chi connectivity index (χ2v) is 18.3. The highest BCUT2D eigenvalue weighted by atomic mass is 35.5. The Morgan fingerprint density at radius 3 is 1.97 bits per heavy atom. The van der Waals surface area contributed by atoms with Crippen LogP contribution in [-0.2, 0) is 12.3 Å². The van der Waals surface area contributed by atoms with Crippen molar-refractivity contribution in [1.29, 1.82) is 0 Å². The van der Waals surface area contributed by atoms with Gasteiger partial charge in [-0.15, -0.1) is 11.6 Å². The highest BCUT2D eigenvalue weighted by Crippen LogP contribution is 2.46. The van der Waals surface area contributed by atoms with Crippen molar-refractivity contribution in [3.8, 4) is 11.5 Å². The van der Waals surface area contributed by atoms with E-state index in [1.165, 1.54) is 68.1 Å². The lowest BCUT2D eigenvalue weighted by Gasteiger charge is -2.39. The van der Waals surface area contributed by atoms with E-state index in [1.807, 2.05) is 0 Å². The lowest BCUT2D eigenvalue weighted by molar-refractivity contribution is 0.0512. The minimum atomic E-state index is -1.73. The number of alkyl halides is 1. The predicted octanol–water partition coefficient (Wildman–Crippen LogP) is 10.8. The molecular weight excluding hydrogens is 480 g/mol. The average molecular weight is 537 g/mol. The van der Waals surface area contributed by atoms with Crippen molar-refractivity contribution in [2.24, 2.45) is 17.8 Å². The monoisotopic (exact) mass is 536 g/mol. The van der Waals surface area contributed by atoms with Crippen LogP contribution in [0.4, 0.5) is 0 Å². The second-order valence-electron chi connectivity index (χ2n) is 13.6. The van der Waals surface area contributed by atoms with E-state index in [9.17, 15) is 0 Å². The number of hydrogen-bond acceptors (Lipinski definition) is 2. The second kappa shape index (κ2) is 13.9. The Balaban J connectivity index is 1.89. The molecule has 3 unspecified atom stereocenters. The van der Waals surface area contributed by atoms with E-state index < -0.39 is 8.32 Å². The summed E-state index contributed by atoms with van der Waals surface area (Å²) in [4.78, 5) is 0. The standard InChI is InChI=1S/C32H57ClO2Si/c1-23(2)14-11-15-24(3)16-12-17-25(4)18-13-20-32(7)21-19-28-29(22-33)31(35-36(8,9)10)27(6)26(5)30(28)34-32/h23-25H,11-22H2,1-10H3. The highest BCUT2D eigenvalue weighted by molar-refractivity contribution is 6.70. The van der Waals surface area contributed by atoms with E-state index in [0.29, 0.717) is 5.88 Å². The molecule has 1 aromatic rings. The summed E-state index contributed by atoms with van der Waals surface area (Å²) >= 11 is 6.49. The zero-order valence-electron chi connectivity index (χ0n) is 25.4. The van der Waals surface area contributed by atoms with Gasteiger partial charge in [0.25, 0.3) is 0 Å². The molecular formula is C32H57ClO2Si. The van der Waals surface area contributed by atoms with Crippen molar-refractivity contribution < 1.29 is 9.16 Å². The number of hydrogen-bond donors (Lipinski definition) is 0. The van der Waals surface area contributed by atoms with E-state index in [1.54, 1.807) is 0 Å². The number of fused-ring (bicyclic) bond motifs is 1. The fraction of sp³-hybridized carbons (Fsp3) is 0.812. The predicted molar refractivity (Wildman–Crippen MR) is 162 cm³/mol. The molecule has 4 heteroatoms. The molecule has 0 aromatic heterocycles. The van der Waals surface area contributed by atoms with Crippen LogP contribution in [0.2, 0.25) is 19.6 Å². The van der Waals surface area contributed by atoms with Crippen LogP contribution >= 0.6 is 11.6 Å².